The number of aromatic nitrogens is 2. The van der Waals surface area contributed by atoms with E-state index in [1.165, 1.54) is 0 Å². The second-order valence-electron chi connectivity index (χ2n) is 11.1. The van der Waals surface area contributed by atoms with Gasteiger partial charge in [-0.15, -0.1) is 10.2 Å². The number of hydrogen-bond donors (Lipinski definition) is 1. The van der Waals surface area contributed by atoms with Crippen LogP contribution in [0.4, 0.5) is 10.6 Å². The number of piperazine rings is 1. The molecule has 2 fully saturated rings. The molecule has 0 unspecified atom stereocenters. The van der Waals surface area contributed by atoms with Crippen LogP contribution in [0.5, 0.6) is 5.75 Å². The monoisotopic (exact) mass is 554 g/mol. The fourth-order valence-electron chi connectivity index (χ4n) is 4.83. The molecule has 1 aliphatic heterocycles. The summed E-state index contributed by atoms with van der Waals surface area (Å²) in [5.41, 5.74) is 0.152. The lowest BCUT2D eigenvalue weighted by Crippen LogP contribution is -2.54. The Bertz CT molecular complexity index is 1220. The minimum Gasteiger partial charge on any atom is -0.490 e. The molecule has 0 spiro atoms. The molecular formula is C28H35ClN6O4. The minimum absolute atomic E-state index is 0.0259. The molecule has 1 saturated carbocycles. The van der Waals surface area contributed by atoms with Gasteiger partial charge in [-0.1, -0.05) is 11.6 Å². The lowest BCUT2D eigenvalue weighted by Gasteiger charge is -2.40. The first kappa shape index (κ1) is 28.4. The highest BCUT2D eigenvalue weighted by atomic mass is 35.5. The van der Waals surface area contributed by atoms with Gasteiger partial charge in [0.1, 0.15) is 17.4 Å². The second kappa shape index (κ2) is 12.1. The molecule has 2 aliphatic rings. The average molecular weight is 555 g/mol. The highest BCUT2D eigenvalue weighted by molar-refractivity contribution is 6.31. The summed E-state index contributed by atoms with van der Waals surface area (Å²) in [5.74, 6) is 1.06. The zero-order valence-electron chi connectivity index (χ0n) is 22.8. The van der Waals surface area contributed by atoms with Gasteiger partial charge in [0.25, 0.3) is 5.91 Å². The summed E-state index contributed by atoms with van der Waals surface area (Å²) >= 11 is 6.10. The Labute approximate surface area is 234 Å². The van der Waals surface area contributed by atoms with E-state index in [1.807, 2.05) is 33.8 Å². The van der Waals surface area contributed by atoms with E-state index >= 15 is 0 Å². The van der Waals surface area contributed by atoms with Gasteiger partial charge in [-0.2, -0.15) is 5.26 Å². The number of anilines is 1. The van der Waals surface area contributed by atoms with Gasteiger partial charge in [0.2, 0.25) is 0 Å². The summed E-state index contributed by atoms with van der Waals surface area (Å²) in [5, 5.41) is 20.9. The first-order chi connectivity index (χ1) is 18.5. The third-order valence-electron chi connectivity index (χ3n) is 6.83. The van der Waals surface area contributed by atoms with Crippen LogP contribution in [0.3, 0.4) is 0 Å². The highest BCUT2D eigenvalue weighted by Crippen LogP contribution is 2.27. The van der Waals surface area contributed by atoms with Gasteiger partial charge in [0.05, 0.1) is 16.7 Å². The number of nitrogens with zero attached hydrogens (tertiary/aromatic N) is 5. The van der Waals surface area contributed by atoms with E-state index < -0.39 is 5.60 Å². The third-order valence-corrected chi connectivity index (χ3v) is 7.14. The Morgan fingerprint density at radius 1 is 1.10 bits per heavy atom. The smallest absolute Gasteiger partial charge is 0.410 e. The van der Waals surface area contributed by atoms with E-state index in [1.54, 1.807) is 35.2 Å². The van der Waals surface area contributed by atoms with Crippen molar-refractivity contribution in [3.63, 3.8) is 0 Å². The van der Waals surface area contributed by atoms with Crippen LogP contribution in [-0.2, 0) is 4.74 Å². The SMILES string of the molecule is C[C@H]1CN(C(=O)OC(C)(C)C)CCN1c1ccc(C(=O)NC2CCC(Oc3ccc(C#N)c(Cl)c3)CC2)nn1. The van der Waals surface area contributed by atoms with E-state index in [2.05, 4.69) is 20.4 Å². The lowest BCUT2D eigenvalue weighted by molar-refractivity contribution is 0.0218. The molecule has 1 N–H and O–H groups in total. The fourth-order valence-corrected chi connectivity index (χ4v) is 5.04. The zero-order chi connectivity index (χ0) is 28.2. The van der Waals surface area contributed by atoms with Gasteiger partial charge in [-0.05, 0) is 77.6 Å². The minimum atomic E-state index is -0.534. The maximum absolute atomic E-state index is 12.8. The van der Waals surface area contributed by atoms with Crippen LogP contribution in [-0.4, -0.2) is 70.5 Å². The molecular weight excluding hydrogens is 520 g/mol. The average Bonchev–Trinajstić information content (AvgIpc) is 2.89. The summed E-state index contributed by atoms with van der Waals surface area (Å²) in [4.78, 5) is 29.0. The number of nitriles is 1. The van der Waals surface area contributed by atoms with E-state index in [4.69, 9.17) is 26.3 Å². The van der Waals surface area contributed by atoms with Crippen molar-refractivity contribution in [2.75, 3.05) is 24.5 Å². The van der Waals surface area contributed by atoms with Gasteiger partial charge in [-0.25, -0.2) is 4.79 Å². The largest absolute Gasteiger partial charge is 0.490 e. The topological polar surface area (TPSA) is 121 Å². The van der Waals surface area contributed by atoms with Gasteiger partial charge in [-0.3, -0.25) is 4.79 Å². The predicted octanol–water partition coefficient (Wildman–Crippen LogP) is 4.57. The Balaban J connectivity index is 1.24. The summed E-state index contributed by atoms with van der Waals surface area (Å²) in [6, 6.07) is 10.7. The zero-order valence-corrected chi connectivity index (χ0v) is 23.6. The second-order valence-corrected chi connectivity index (χ2v) is 11.5. The van der Waals surface area contributed by atoms with Crippen molar-refractivity contribution in [3.8, 4) is 11.8 Å². The number of carbonyl (C=O) groups excluding carboxylic acids is 2. The number of amides is 2. The van der Waals surface area contributed by atoms with E-state index in [9.17, 15) is 9.59 Å². The van der Waals surface area contributed by atoms with E-state index in [-0.39, 0.29) is 35.9 Å². The molecule has 1 aromatic carbocycles. The van der Waals surface area contributed by atoms with Crippen molar-refractivity contribution in [1.29, 1.82) is 5.26 Å². The van der Waals surface area contributed by atoms with Crippen LogP contribution in [0.1, 0.15) is 69.4 Å². The summed E-state index contributed by atoms with van der Waals surface area (Å²) in [6.07, 6.45) is 2.86. The van der Waals surface area contributed by atoms with Crippen LogP contribution in [0.25, 0.3) is 0 Å². The highest BCUT2D eigenvalue weighted by Gasteiger charge is 2.31. The number of hydrogen-bond acceptors (Lipinski definition) is 8. The van der Waals surface area contributed by atoms with Crippen LogP contribution in [0.2, 0.25) is 5.02 Å². The quantitative estimate of drug-likeness (QED) is 0.570. The number of benzene rings is 1. The van der Waals surface area contributed by atoms with Gasteiger partial charge in [0.15, 0.2) is 11.5 Å². The first-order valence-corrected chi connectivity index (χ1v) is 13.7. The molecule has 2 amide bonds. The van der Waals surface area contributed by atoms with Crippen molar-refractivity contribution in [2.24, 2.45) is 0 Å². The van der Waals surface area contributed by atoms with E-state index in [0.29, 0.717) is 41.8 Å². The summed E-state index contributed by atoms with van der Waals surface area (Å²) in [7, 11) is 0. The van der Waals surface area contributed by atoms with E-state index in [0.717, 1.165) is 25.7 Å². The van der Waals surface area contributed by atoms with Crippen molar-refractivity contribution in [2.45, 2.75) is 77.2 Å². The number of halogens is 1. The lowest BCUT2D eigenvalue weighted by atomic mass is 9.93. The van der Waals surface area contributed by atoms with Crippen molar-refractivity contribution in [1.82, 2.24) is 20.4 Å². The summed E-state index contributed by atoms with van der Waals surface area (Å²) < 4.78 is 11.5. The Morgan fingerprint density at radius 3 is 2.44 bits per heavy atom. The van der Waals surface area contributed by atoms with Crippen molar-refractivity contribution >= 4 is 29.4 Å². The normalized spacial score (nSPS) is 21.6. The molecule has 2 aromatic rings. The molecule has 10 nitrogen and oxygen atoms in total. The molecule has 1 aliphatic carbocycles. The van der Waals surface area contributed by atoms with Crippen molar-refractivity contribution < 1.29 is 19.1 Å². The third kappa shape index (κ3) is 7.51. The van der Waals surface area contributed by atoms with Gasteiger partial charge >= 0.3 is 6.09 Å². The number of rotatable bonds is 5. The summed E-state index contributed by atoms with van der Waals surface area (Å²) in [6.45, 7) is 9.22. The maximum Gasteiger partial charge on any atom is 0.410 e. The standard InChI is InChI=1S/C28H35ClN6O4/c1-18-17-34(27(37)39-28(2,3)4)13-14-35(18)25-12-11-24(32-33-25)26(36)31-20-6-9-21(10-7-20)38-22-8-5-19(16-30)23(29)15-22/h5,8,11-12,15,18,20-21H,6-7,9-10,13-14,17H2,1-4H3,(H,31,36)/t18-,20?,21?/m0/s1. The van der Waals surface area contributed by atoms with Gasteiger partial charge in [0, 0.05) is 37.8 Å². The predicted molar refractivity (Wildman–Crippen MR) is 147 cm³/mol. The molecule has 0 radical (unpaired) electrons. The van der Waals surface area contributed by atoms with Crippen molar-refractivity contribution in [3.05, 3.63) is 46.6 Å². The molecule has 0 bridgehead atoms. The van der Waals surface area contributed by atoms with Crippen LogP contribution in [0, 0.1) is 11.3 Å². The Kier molecular flexibility index (Phi) is 8.80. The van der Waals surface area contributed by atoms with Crippen LogP contribution < -0.4 is 15.0 Å². The molecule has 4 rings (SSSR count). The molecule has 1 atom stereocenters. The molecule has 208 valence electrons. The Morgan fingerprint density at radius 2 is 1.85 bits per heavy atom. The van der Waals surface area contributed by atoms with Gasteiger partial charge < -0.3 is 24.6 Å². The molecule has 1 aromatic heterocycles. The van der Waals surface area contributed by atoms with Crippen LogP contribution >= 0.6 is 11.6 Å². The number of ether oxygens (including phenoxy) is 2. The molecule has 2 heterocycles. The van der Waals surface area contributed by atoms with Crippen LogP contribution in [0.15, 0.2) is 30.3 Å². The number of nitrogens with one attached hydrogen (secondary N) is 1. The molecule has 11 heteroatoms. The molecule has 39 heavy (non-hydrogen) atoms. The molecule has 1 saturated heterocycles. The number of carbonyl (C=O) groups is 2. The fraction of sp³-hybridized carbons (Fsp3) is 0.536. The maximum atomic E-state index is 12.8. The first-order valence-electron chi connectivity index (χ1n) is 13.3. The Hall–Kier alpha value is -3.58.